The van der Waals surface area contributed by atoms with Crippen molar-refractivity contribution in [3.05, 3.63) is 30.1 Å². The van der Waals surface area contributed by atoms with Gasteiger partial charge in [-0.1, -0.05) is 19.9 Å². The van der Waals surface area contributed by atoms with Gasteiger partial charge in [0, 0.05) is 24.7 Å². The Morgan fingerprint density at radius 3 is 2.12 bits per heavy atom. The molecular formula is C13H18N2O2. The second-order valence-electron chi connectivity index (χ2n) is 4.23. The second-order valence-corrected chi connectivity index (χ2v) is 4.23. The number of rotatable bonds is 1. The molecular weight excluding hydrogens is 216 g/mol. The number of hydrogen-bond donors (Lipinski definition) is 1. The minimum atomic E-state index is -0.138. The van der Waals surface area contributed by atoms with Gasteiger partial charge in [0.15, 0.2) is 0 Å². The molecule has 1 aromatic rings. The summed E-state index contributed by atoms with van der Waals surface area (Å²) < 4.78 is 0. The van der Waals surface area contributed by atoms with E-state index in [0.29, 0.717) is 25.2 Å². The Labute approximate surface area is 101 Å². The van der Waals surface area contributed by atoms with Crippen LogP contribution in [-0.2, 0) is 9.59 Å². The van der Waals surface area contributed by atoms with Gasteiger partial charge < -0.3 is 0 Å². The van der Waals surface area contributed by atoms with Gasteiger partial charge in [0.25, 0.3) is 0 Å². The fourth-order valence-electron chi connectivity index (χ4n) is 1.41. The molecule has 0 radical (unpaired) electrons. The van der Waals surface area contributed by atoms with Crippen LogP contribution in [0.2, 0.25) is 0 Å². The lowest BCUT2D eigenvalue weighted by Crippen LogP contribution is -2.33. The van der Waals surface area contributed by atoms with Gasteiger partial charge in [-0.05, 0) is 24.5 Å². The molecule has 1 aromatic heterocycles. The van der Waals surface area contributed by atoms with E-state index in [0.717, 1.165) is 5.69 Å². The van der Waals surface area contributed by atoms with Crippen LogP contribution in [0.3, 0.4) is 0 Å². The van der Waals surface area contributed by atoms with Gasteiger partial charge in [0.1, 0.15) is 0 Å². The normalized spacial score (nSPS) is 15.0. The van der Waals surface area contributed by atoms with Crippen molar-refractivity contribution in [3.8, 4) is 0 Å². The Morgan fingerprint density at radius 1 is 1.18 bits per heavy atom. The first kappa shape index (κ1) is 13.4. The zero-order chi connectivity index (χ0) is 12.7. The van der Waals surface area contributed by atoms with Crippen molar-refractivity contribution in [2.24, 2.45) is 0 Å². The molecule has 0 aliphatic carbocycles. The third kappa shape index (κ3) is 5.24. The highest BCUT2D eigenvalue weighted by Gasteiger charge is 2.12. The van der Waals surface area contributed by atoms with Crippen molar-refractivity contribution in [2.75, 3.05) is 0 Å². The molecule has 1 aliphatic heterocycles. The minimum Gasteiger partial charge on any atom is -0.296 e. The average molecular weight is 234 g/mol. The first-order chi connectivity index (χ1) is 8.09. The molecule has 0 atom stereocenters. The molecule has 4 heteroatoms. The van der Waals surface area contributed by atoms with Crippen molar-refractivity contribution >= 4 is 11.8 Å². The van der Waals surface area contributed by atoms with E-state index in [1.54, 1.807) is 0 Å². The molecule has 1 fully saturated rings. The van der Waals surface area contributed by atoms with Crippen LogP contribution in [0, 0.1) is 0 Å². The summed E-state index contributed by atoms with van der Waals surface area (Å²) in [7, 11) is 0. The Kier molecular flexibility index (Phi) is 5.33. The lowest BCUT2D eigenvalue weighted by atomic mass is 10.1. The summed E-state index contributed by atoms with van der Waals surface area (Å²) in [6.45, 7) is 4.28. The summed E-state index contributed by atoms with van der Waals surface area (Å²) in [4.78, 5) is 24.9. The predicted molar refractivity (Wildman–Crippen MR) is 65.3 cm³/mol. The molecule has 92 valence electrons. The van der Waals surface area contributed by atoms with Crippen LogP contribution < -0.4 is 5.32 Å². The quantitative estimate of drug-likeness (QED) is 0.756. The molecule has 0 saturated carbocycles. The lowest BCUT2D eigenvalue weighted by molar-refractivity contribution is -0.132. The van der Waals surface area contributed by atoms with Gasteiger partial charge in [0.2, 0.25) is 11.8 Å². The number of imide groups is 1. The fraction of sp³-hybridized carbons (Fsp3) is 0.462. The van der Waals surface area contributed by atoms with Crippen molar-refractivity contribution in [1.29, 1.82) is 0 Å². The molecule has 2 rings (SSSR count). The summed E-state index contributed by atoms with van der Waals surface area (Å²) >= 11 is 0. The smallest absolute Gasteiger partial charge is 0.226 e. The van der Waals surface area contributed by atoms with Crippen LogP contribution in [-0.4, -0.2) is 16.8 Å². The van der Waals surface area contributed by atoms with E-state index in [9.17, 15) is 9.59 Å². The second kappa shape index (κ2) is 6.78. The van der Waals surface area contributed by atoms with Gasteiger partial charge >= 0.3 is 0 Å². The van der Waals surface area contributed by atoms with Gasteiger partial charge in [-0.2, -0.15) is 0 Å². The van der Waals surface area contributed by atoms with Crippen LogP contribution in [0.1, 0.15) is 44.7 Å². The maximum absolute atomic E-state index is 10.3. The lowest BCUT2D eigenvalue weighted by Gasteiger charge is -2.07. The monoisotopic (exact) mass is 234 g/mol. The van der Waals surface area contributed by atoms with Gasteiger partial charge in [-0.3, -0.25) is 19.9 Å². The molecule has 1 saturated heterocycles. The van der Waals surface area contributed by atoms with Crippen LogP contribution in [0.25, 0.3) is 0 Å². The van der Waals surface area contributed by atoms with Crippen molar-refractivity contribution < 1.29 is 9.59 Å². The standard InChI is InChI=1S/C8H11N.C5H7NO2/c1-7(2)8-5-3-4-6-9-8;7-4-2-1-3-5(8)6-4/h3-7H,1-2H3;1-3H2,(H,6,7,8). The Balaban J connectivity index is 0.000000171. The van der Waals surface area contributed by atoms with Gasteiger partial charge in [0.05, 0.1) is 0 Å². The number of hydrogen-bond acceptors (Lipinski definition) is 3. The first-order valence-electron chi connectivity index (χ1n) is 5.83. The molecule has 0 unspecified atom stereocenters. The Hall–Kier alpha value is -1.71. The van der Waals surface area contributed by atoms with Crippen LogP contribution >= 0.6 is 0 Å². The van der Waals surface area contributed by atoms with Crippen molar-refractivity contribution in [3.63, 3.8) is 0 Å². The number of amides is 2. The van der Waals surface area contributed by atoms with E-state index in [1.807, 2.05) is 24.4 Å². The summed E-state index contributed by atoms with van der Waals surface area (Å²) in [5.74, 6) is 0.272. The number of nitrogens with zero attached hydrogens (tertiary/aromatic N) is 1. The molecule has 1 aliphatic rings. The fourth-order valence-corrected chi connectivity index (χ4v) is 1.41. The molecule has 2 amide bonds. The average Bonchev–Trinajstić information content (AvgIpc) is 2.30. The van der Waals surface area contributed by atoms with Crippen molar-refractivity contribution in [2.45, 2.75) is 39.0 Å². The number of carbonyl (C=O) groups is 2. The Morgan fingerprint density at radius 2 is 1.82 bits per heavy atom. The molecule has 2 heterocycles. The van der Waals surface area contributed by atoms with Gasteiger partial charge in [-0.15, -0.1) is 0 Å². The minimum absolute atomic E-state index is 0.138. The van der Waals surface area contributed by atoms with Crippen LogP contribution in [0.15, 0.2) is 24.4 Å². The summed E-state index contributed by atoms with van der Waals surface area (Å²) in [6.07, 6.45) is 3.55. The molecule has 17 heavy (non-hydrogen) atoms. The third-order valence-corrected chi connectivity index (χ3v) is 2.37. The highest BCUT2D eigenvalue weighted by atomic mass is 16.2. The zero-order valence-electron chi connectivity index (χ0n) is 10.3. The summed E-state index contributed by atoms with van der Waals surface area (Å²) in [5, 5.41) is 2.20. The summed E-state index contributed by atoms with van der Waals surface area (Å²) in [5.41, 5.74) is 1.16. The molecule has 1 N–H and O–H groups in total. The maximum atomic E-state index is 10.3. The van der Waals surface area contributed by atoms with E-state index in [-0.39, 0.29) is 11.8 Å². The predicted octanol–water partition coefficient (Wildman–Crippen LogP) is 2.02. The highest BCUT2D eigenvalue weighted by Crippen LogP contribution is 2.08. The number of piperidine rings is 1. The number of nitrogens with one attached hydrogen (secondary N) is 1. The number of aromatic nitrogens is 1. The molecule has 4 nitrogen and oxygen atoms in total. The Bertz CT molecular complexity index is 360. The van der Waals surface area contributed by atoms with E-state index in [1.165, 1.54) is 0 Å². The topological polar surface area (TPSA) is 59.1 Å². The maximum Gasteiger partial charge on any atom is 0.226 e. The van der Waals surface area contributed by atoms with Crippen LogP contribution in [0.5, 0.6) is 0 Å². The first-order valence-corrected chi connectivity index (χ1v) is 5.83. The molecule has 0 spiro atoms. The van der Waals surface area contributed by atoms with E-state index in [4.69, 9.17) is 0 Å². The van der Waals surface area contributed by atoms with Gasteiger partial charge in [-0.25, -0.2) is 0 Å². The van der Waals surface area contributed by atoms with E-state index < -0.39 is 0 Å². The summed E-state index contributed by atoms with van der Waals surface area (Å²) in [6, 6.07) is 6.00. The van der Waals surface area contributed by atoms with Crippen LogP contribution in [0.4, 0.5) is 0 Å². The molecule has 0 bridgehead atoms. The highest BCUT2D eigenvalue weighted by molar-refractivity contribution is 5.97. The largest absolute Gasteiger partial charge is 0.296 e. The SMILES string of the molecule is CC(C)c1ccccn1.O=C1CCCC(=O)N1. The number of pyridine rings is 1. The zero-order valence-corrected chi connectivity index (χ0v) is 10.3. The third-order valence-electron chi connectivity index (χ3n) is 2.37. The molecule has 0 aromatic carbocycles. The van der Waals surface area contributed by atoms with Crippen molar-refractivity contribution in [1.82, 2.24) is 10.3 Å². The number of carbonyl (C=O) groups excluding carboxylic acids is 2. The van der Waals surface area contributed by atoms with E-state index >= 15 is 0 Å². The van der Waals surface area contributed by atoms with E-state index in [2.05, 4.69) is 24.1 Å².